The van der Waals surface area contributed by atoms with Crippen LogP contribution >= 0.6 is 11.8 Å². The Hall–Kier alpha value is -2.34. The molecule has 2 aliphatic rings. The van der Waals surface area contributed by atoms with Gasteiger partial charge in [-0.2, -0.15) is 13.2 Å². The Balaban J connectivity index is 1.53. The maximum absolute atomic E-state index is 13.0. The van der Waals surface area contributed by atoms with Crippen molar-refractivity contribution in [3.05, 3.63) is 69.9 Å². The predicted molar refractivity (Wildman–Crippen MR) is 107 cm³/mol. The number of halogens is 3. The molecule has 2 fully saturated rings. The number of aryl methyl sites for hydroxylation is 1. The molecule has 8 nitrogen and oxygen atoms in total. The molecule has 2 aromatic rings. The Labute approximate surface area is 185 Å². The maximum Gasteiger partial charge on any atom is 0.433 e. The molecule has 4 rings (SSSR count). The number of azide groups is 1. The summed E-state index contributed by atoms with van der Waals surface area (Å²) in [5.74, 6) is 0. The predicted octanol–water partition coefficient (Wildman–Crippen LogP) is 4.38. The molecule has 3 unspecified atom stereocenters. The summed E-state index contributed by atoms with van der Waals surface area (Å²) in [6.07, 6.45) is -6.87. The first-order valence-electron chi connectivity index (χ1n) is 9.68. The number of hydrogen-bond donors (Lipinski definition) is 1. The smallest absolute Gasteiger partial charge is 0.389 e. The zero-order valence-corrected chi connectivity index (χ0v) is 17.5. The van der Waals surface area contributed by atoms with E-state index in [2.05, 4.69) is 15.0 Å². The molecular formula is C20H19F3N4O4S. The van der Waals surface area contributed by atoms with Gasteiger partial charge in [-0.05, 0) is 24.1 Å². The maximum atomic E-state index is 13.0. The van der Waals surface area contributed by atoms with Crippen LogP contribution in [-0.2, 0) is 20.4 Å². The Morgan fingerprint density at radius 1 is 1.25 bits per heavy atom. The zero-order valence-electron chi connectivity index (χ0n) is 16.7. The van der Waals surface area contributed by atoms with Crippen molar-refractivity contribution in [3.8, 4) is 0 Å². The second-order valence-electron chi connectivity index (χ2n) is 7.36. The number of aliphatic hydroxyl groups is 1. The van der Waals surface area contributed by atoms with E-state index in [9.17, 15) is 18.3 Å². The Kier molecular flexibility index (Phi) is 6.61. The number of aromatic nitrogens is 1. The van der Waals surface area contributed by atoms with Gasteiger partial charge in [0.1, 0.15) is 29.4 Å². The Morgan fingerprint density at radius 3 is 2.66 bits per heavy atom. The zero-order chi connectivity index (χ0) is 22.9. The van der Waals surface area contributed by atoms with Crippen molar-refractivity contribution in [1.82, 2.24) is 4.98 Å². The fourth-order valence-corrected chi connectivity index (χ4v) is 4.82. The second-order valence-corrected chi connectivity index (χ2v) is 8.53. The van der Waals surface area contributed by atoms with Crippen LogP contribution in [0.2, 0.25) is 0 Å². The van der Waals surface area contributed by atoms with Gasteiger partial charge in [0.25, 0.3) is 0 Å². The first-order valence-corrected chi connectivity index (χ1v) is 10.6. The van der Waals surface area contributed by atoms with E-state index in [0.29, 0.717) is 4.90 Å². The molecule has 1 aromatic carbocycles. The van der Waals surface area contributed by atoms with E-state index >= 15 is 0 Å². The molecule has 3 heterocycles. The number of hydrogen-bond acceptors (Lipinski definition) is 7. The molecule has 0 amide bonds. The molecule has 6 atom stereocenters. The fourth-order valence-electron chi connectivity index (χ4n) is 3.69. The molecule has 0 spiro atoms. The third-order valence-corrected chi connectivity index (χ3v) is 6.28. The highest BCUT2D eigenvalue weighted by molar-refractivity contribution is 7.99. The molecule has 2 aliphatic heterocycles. The molecule has 32 heavy (non-hydrogen) atoms. The number of thioether (sulfide) groups is 1. The monoisotopic (exact) mass is 468 g/mol. The SMILES string of the molecule is Cc1cc(S[C@H]2OC3COC(c4ccccc4)O[C@@H]3C(N=[N+]=[N-])[C@@H]2O)cnc1C(F)(F)F. The third-order valence-electron chi connectivity index (χ3n) is 5.16. The van der Waals surface area contributed by atoms with E-state index in [1.165, 1.54) is 13.0 Å². The summed E-state index contributed by atoms with van der Waals surface area (Å²) < 4.78 is 56.6. The molecule has 0 aliphatic carbocycles. The lowest BCUT2D eigenvalue weighted by atomic mass is 9.97. The van der Waals surface area contributed by atoms with Crippen LogP contribution in [0, 0.1) is 6.92 Å². The van der Waals surface area contributed by atoms with Gasteiger partial charge in [-0.15, -0.1) is 0 Å². The summed E-state index contributed by atoms with van der Waals surface area (Å²) in [4.78, 5) is 6.71. The van der Waals surface area contributed by atoms with E-state index in [-0.39, 0.29) is 12.2 Å². The van der Waals surface area contributed by atoms with E-state index < -0.39 is 47.9 Å². The minimum absolute atomic E-state index is 0.0488. The van der Waals surface area contributed by atoms with E-state index in [0.717, 1.165) is 23.5 Å². The standard InChI is InChI=1S/C20H19F3N4O4S/c1-10-7-12(8-25-17(10)20(21,22)23)32-19-15(28)14(26-27-24)16-13(30-19)9-29-18(31-16)11-5-3-2-4-6-11/h2-8,13-16,18-19,28H,9H2,1H3/t13?,14?,15-,16-,18?,19+/m0/s1. The highest BCUT2D eigenvalue weighted by Crippen LogP contribution is 2.40. The highest BCUT2D eigenvalue weighted by atomic mass is 32.2. The number of rotatable bonds is 4. The summed E-state index contributed by atoms with van der Waals surface area (Å²) in [5, 5.41) is 14.6. The van der Waals surface area contributed by atoms with Crippen LogP contribution in [0.15, 0.2) is 52.6 Å². The van der Waals surface area contributed by atoms with Gasteiger partial charge >= 0.3 is 6.18 Å². The van der Waals surface area contributed by atoms with Crippen LogP contribution in [0.25, 0.3) is 10.4 Å². The minimum atomic E-state index is -4.56. The molecule has 2 saturated heterocycles. The van der Waals surface area contributed by atoms with E-state index in [1.54, 1.807) is 0 Å². The normalized spacial score (nSPS) is 30.3. The van der Waals surface area contributed by atoms with Crippen LogP contribution in [-0.4, -0.2) is 46.5 Å². The van der Waals surface area contributed by atoms with Gasteiger partial charge < -0.3 is 19.3 Å². The summed E-state index contributed by atoms with van der Waals surface area (Å²) in [5.41, 5.74) is 7.84. The quantitative estimate of drug-likeness (QED) is 0.405. The van der Waals surface area contributed by atoms with Crippen LogP contribution in [0.3, 0.4) is 0 Å². The average molecular weight is 468 g/mol. The average Bonchev–Trinajstić information content (AvgIpc) is 2.76. The summed E-state index contributed by atoms with van der Waals surface area (Å²) in [7, 11) is 0. The Bertz CT molecular complexity index is 1010. The molecule has 1 aromatic heterocycles. The number of fused-ring (bicyclic) bond motifs is 1. The minimum Gasteiger partial charge on any atom is -0.389 e. The van der Waals surface area contributed by atoms with Crippen molar-refractivity contribution in [1.29, 1.82) is 0 Å². The van der Waals surface area contributed by atoms with E-state index in [1.807, 2.05) is 30.3 Å². The van der Waals surface area contributed by atoms with Crippen LogP contribution in [0.5, 0.6) is 0 Å². The third kappa shape index (κ3) is 4.70. The summed E-state index contributed by atoms with van der Waals surface area (Å²) in [6.45, 7) is 1.43. The number of nitrogens with zero attached hydrogens (tertiary/aromatic N) is 4. The molecule has 1 N–H and O–H groups in total. The van der Waals surface area contributed by atoms with Crippen LogP contribution in [0.1, 0.15) is 23.1 Å². The van der Waals surface area contributed by atoms with Gasteiger partial charge in [0, 0.05) is 21.6 Å². The van der Waals surface area contributed by atoms with Crippen LogP contribution < -0.4 is 0 Å². The number of ether oxygens (including phenoxy) is 3. The largest absolute Gasteiger partial charge is 0.433 e. The topological polar surface area (TPSA) is 110 Å². The molecule has 0 saturated carbocycles. The first kappa shape index (κ1) is 22.8. The van der Waals surface area contributed by atoms with Gasteiger partial charge in [0.15, 0.2) is 6.29 Å². The summed E-state index contributed by atoms with van der Waals surface area (Å²) >= 11 is 0.992. The number of pyridine rings is 1. The van der Waals surface area contributed by atoms with Gasteiger partial charge in [0.05, 0.1) is 12.6 Å². The summed E-state index contributed by atoms with van der Waals surface area (Å²) in [6, 6.07) is 9.51. The van der Waals surface area contributed by atoms with Crippen molar-refractivity contribution in [3.63, 3.8) is 0 Å². The lowest BCUT2D eigenvalue weighted by Crippen LogP contribution is -2.60. The van der Waals surface area contributed by atoms with Crippen molar-refractivity contribution in [2.45, 2.75) is 54.1 Å². The number of benzene rings is 1. The van der Waals surface area contributed by atoms with E-state index in [4.69, 9.17) is 19.7 Å². The van der Waals surface area contributed by atoms with Crippen LogP contribution in [0.4, 0.5) is 13.2 Å². The number of aliphatic hydroxyl groups excluding tert-OH is 1. The number of alkyl halides is 3. The molecule has 12 heteroatoms. The Morgan fingerprint density at radius 2 is 2.00 bits per heavy atom. The lowest BCUT2D eigenvalue weighted by Gasteiger charge is -2.46. The molecule has 0 bridgehead atoms. The van der Waals surface area contributed by atoms with Crippen molar-refractivity contribution < 1.29 is 32.5 Å². The first-order chi connectivity index (χ1) is 15.3. The van der Waals surface area contributed by atoms with Crippen molar-refractivity contribution >= 4 is 11.8 Å². The molecule has 0 radical (unpaired) electrons. The molecular weight excluding hydrogens is 449 g/mol. The van der Waals surface area contributed by atoms with Gasteiger partial charge in [-0.1, -0.05) is 47.2 Å². The van der Waals surface area contributed by atoms with Crippen molar-refractivity contribution in [2.75, 3.05) is 6.61 Å². The van der Waals surface area contributed by atoms with Crippen molar-refractivity contribution in [2.24, 2.45) is 5.11 Å². The fraction of sp³-hybridized carbons (Fsp3) is 0.450. The highest BCUT2D eigenvalue weighted by Gasteiger charge is 2.49. The lowest BCUT2D eigenvalue weighted by molar-refractivity contribution is -0.297. The molecule has 170 valence electrons. The van der Waals surface area contributed by atoms with Gasteiger partial charge in [-0.25, -0.2) is 0 Å². The van der Waals surface area contributed by atoms with Gasteiger partial charge in [-0.3, -0.25) is 4.98 Å². The van der Waals surface area contributed by atoms with Gasteiger partial charge in [0.2, 0.25) is 0 Å². The second kappa shape index (κ2) is 9.26.